The molecule has 2 rings (SSSR count). The van der Waals surface area contributed by atoms with Crippen molar-refractivity contribution in [2.24, 2.45) is 0 Å². The predicted octanol–water partition coefficient (Wildman–Crippen LogP) is 1.60. The molecule has 2 N–H and O–H groups in total. The van der Waals surface area contributed by atoms with Crippen molar-refractivity contribution in [1.29, 1.82) is 0 Å². The quantitative estimate of drug-likeness (QED) is 0.831. The Hall–Kier alpha value is -2.83. The number of carbonyl (C=O) groups excluding carboxylic acids is 1. The van der Waals surface area contributed by atoms with E-state index in [0.29, 0.717) is 5.52 Å². The number of hydrogen-bond donors (Lipinski definition) is 2. The van der Waals surface area contributed by atoms with Gasteiger partial charge in [0.25, 0.3) is 5.56 Å². The lowest BCUT2D eigenvalue weighted by atomic mass is 10.1. The van der Waals surface area contributed by atoms with Crippen LogP contribution in [0.15, 0.2) is 23.0 Å². The number of ether oxygens (including phenoxy) is 1. The third kappa shape index (κ3) is 2.41. The fraction of sp³-hybridized carbons (Fsp3) is 0.267. The standard InChI is InChI=1S/C15H15NO6/c1-3-16-10-6-5-8(14(19)20)7-9(10)12(17)11(13(16)18)15(21)22-4-2/h5-7,17H,3-4H2,1-2H3,(H,19,20). The van der Waals surface area contributed by atoms with Gasteiger partial charge in [-0.2, -0.15) is 0 Å². The lowest BCUT2D eigenvalue weighted by Gasteiger charge is -2.13. The van der Waals surface area contributed by atoms with Gasteiger partial charge in [0, 0.05) is 11.9 Å². The predicted molar refractivity (Wildman–Crippen MR) is 78.5 cm³/mol. The molecular formula is C15H15NO6. The van der Waals surface area contributed by atoms with Crippen LogP contribution in [0.4, 0.5) is 0 Å². The van der Waals surface area contributed by atoms with E-state index in [1.54, 1.807) is 13.8 Å². The van der Waals surface area contributed by atoms with E-state index in [-0.39, 0.29) is 24.1 Å². The average molecular weight is 305 g/mol. The van der Waals surface area contributed by atoms with Crippen LogP contribution in [0, 0.1) is 0 Å². The molecule has 0 saturated heterocycles. The molecule has 0 bridgehead atoms. The van der Waals surface area contributed by atoms with Crippen LogP contribution in [0.1, 0.15) is 34.6 Å². The van der Waals surface area contributed by atoms with Gasteiger partial charge in [-0.1, -0.05) is 0 Å². The van der Waals surface area contributed by atoms with Crippen LogP contribution in [-0.4, -0.2) is 33.3 Å². The van der Waals surface area contributed by atoms with E-state index < -0.39 is 28.8 Å². The van der Waals surface area contributed by atoms with Gasteiger partial charge < -0.3 is 19.5 Å². The lowest BCUT2D eigenvalue weighted by molar-refractivity contribution is 0.0520. The van der Waals surface area contributed by atoms with E-state index in [1.807, 2.05) is 0 Å². The molecule has 0 amide bonds. The van der Waals surface area contributed by atoms with Gasteiger partial charge in [-0.25, -0.2) is 9.59 Å². The summed E-state index contributed by atoms with van der Waals surface area (Å²) in [6.07, 6.45) is 0. The van der Waals surface area contributed by atoms with Gasteiger partial charge in [0.15, 0.2) is 5.56 Å². The maximum Gasteiger partial charge on any atom is 0.347 e. The number of hydrogen-bond acceptors (Lipinski definition) is 5. The number of aryl methyl sites for hydroxylation is 1. The molecule has 0 aliphatic heterocycles. The zero-order valence-corrected chi connectivity index (χ0v) is 12.1. The SMILES string of the molecule is CCOC(=O)c1c(O)c2cc(C(=O)O)ccc2n(CC)c1=O. The molecule has 0 aliphatic rings. The topological polar surface area (TPSA) is 106 Å². The minimum Gasteiger partial charge on any atom is -0.506 e. The van der Waals surface area contributed by atoms with Gasteiger partial charge >= 0.3 is 11.9 Å². The second kappa shape index (κ2) is 5.88. The number of fused-ring (bicyclic) bond motifs is 1. The first-order chi connectivity index (χ1) is 10.4. The Morgan fingerprint density at radius 2 is 1.95 bits per heavy atom. The molecule has 2 aromatic rings. The summed E-state index contributed by atoms with van der Waals surface area (Å²) in [5.74, 6) is -2.67. The van der Waals surface area contributed by atoms with E-state index in [1.165, 1.54) is 22.8 Å². The van der Waals surface area contributed by atoms with E-state index in [2.05, 4.69) is 0 Å². The highest BCUT2D eigenvalue weighted by Crippen LogP contribution is 2.28. The number of pyridine rings is 1. The molecule has 1 heterocycles. The van der Waals surface area contributed by atoms with E-state index in [9.17, 15) is 19.5 Å². The molecular weight excluding hydrogens is 290 g/mol. The van der Waals surface area contributed by atoms with Crippen LogP contribution in [0.5, 0.6) is 5.75 Å². The Balaban J connectivity index is 2.89. The number of benzene rings is 1. The first kappa shape index (κ1) is 15.6. The van der Waals surface area contributed by atoms with Gasteiger partial charge in [-0.05, 0) is 32.0 Å². The molecule has 0 radical (unpaired) electrons. The fourth-order valence-corrected chi connectivity index (χ4v) is 2.28. The summed E-state index contributed by atoms with van der Waals surface area (Å²) in [6.45, 7) is 3.60. The largest absolute Gasteiger partial charge is 0.506 e. The molecule has 7 nitrogen and oxygen atoms in total. The molecule has 0 unspecified atom stereocenters. The first-order valence-electron chi connectivity index (χ1n) is 6.72. The van der Waals surface area contributed by atoms with Crippen LogP contribution in [0.3, 0.4) is 0 Å². The summed E-state index contributed by atoms with van der Waals surface area (Å²) in [4.78, 5) is 35.3. The van der Waals surface area contributed by atoms with Crippen molar-refractivity contribution in [2.75, 3.05) is 6.61 Å². The second-order valence-electron chi connectivity index (χ2n) is 4.53. The van der Waals surface area contributed by atoms with Crippen molar-refractivity contribution in [3.63, 3.8) is 0 Å². The molecule has 0 spiro atoms. The number of aromatic nitrogens is 1. The number of carboxylic acid groups (broad SMARTS) is 1. The highest BCUT2D eigenvalue weighted by atomic mass is 16.5. The average Bonchev–Trinajstić information content (AvgIpc) is 2.47. The van der Waals surface area contributed by atoms with Crippen LogP contribution in [0.2, 0.25) is 0 Å². The van der Waals surface area contributed by atoms with Gasteiger partial charge in [-0.3, -0.25) is 4.79 Å². The van der Waals surface area contributed by atoms with Crippen molar-refractivity contribution in [1.82, 2.24) is 4.57 Å². The maximum atomic E-state index is 12.4. The summed E-state index contributed by atoms with van der Waals surface area (Å²) in [7, 11) is 0. The Kier molecular flexibility index (Phi) is 4.16. The minimum atomic E-state index is -1.17. The summed E-state index contributed by atoms with van der Waals surface area (Å²) in [5.41, 5.74) is -0.866. The number of aromatic hydroxyl groups is 1. The van der Waals surface area contributed by atoms with Crippen molar-refractivity contribution >= 4 is 22.8 Å². The summed E-state index contributed by atoms with van der Waals surface area (Å²) < 4.78 is 6.07. The molecule has 0 fully saturated rings. The van der Waals surface area contributed by atoms with Gasteiger partial charge in [0.05, 0.1) is 17.7 Å². The molecule has 0 aliphatic carbocycles. The molecule has 116 valence electrons. The summed E-state index contributed by atoms with van der Waals surface area (Å²) in [6, 6.07) is 3.99. The van der Waals surface area contributed by atoms with E-state index in [4.69, 9.17) is 9.84 Å². The monoisotopic (exact) mass is 305 g/mol. The third-order valence-electron chi connectivity index (χ3n) is 3.28. The Bertz CT molecular complexity index is 821. The smallest absolute Gasteiger partial charge is 0.347 e. The van der Waals surface area contributed by atoms with E-state index in [0.717, 1.165) is 0 Å². The maximum absolute atomic E-state index is 12.4. The number of aromatic carboxylic acids is 1. The molecule has 7 heteroatoms. The molecule has 1 aromatic heterocycles. The minimum absolute atomic E-state index is 0.0526. The zero-order valence-electron chi connectivity index (χ0n) is 12.1. The van der Waals surface area contributed by atoms with Crippen LogP contribution in [-0.2, 0) is 11.3 Å². The summed E-state index contributed by atoms with van der Waals surface area (Å²) in [5, 5.41) is 19.4. The number of esters is 1. The number of rotatable bonds is 4. The summed E-state index contributed by atoms with van der Waals surface area (Å²) >= 11 is 0. The van der Waals surface area contributed by atoms with E-state index >= 15 is 0 Å². The zero-order chi connectivity index (χ0) is 16.4. The Morgan fingerprint density at radius 1 is 1.27 bits per heavy atom. The highest BCUT2D eigenvalue weighted by Gasteiger charge is 2.23. The number of nitrogens with zero attached hydrogens (tertiary/aromatic N) is 1. The number of carbonyl (C=O) groups is 2. The van der Waals surface area contributed by atoms with Crippen molar-refractivity contribution in [2.45, 2.75) is 20.4 Å². The molecule has 0 atom stereocenters. The molecule has 0 saturated carbocycles. The molecule has 1 aromatic carbocycles. The van der Waals surface area contributed by atoms with Crippen LogP contribution < -0.4 is 5.56 Å². The normalized spacial score (nSPS) is 10.6. The van der Waals surface area contributed by atoms with Gasteiger partial charge in [0.2, 0.25) is 0 Å². The van der Waals surface area contributed by atoms with Crippen molar-refractivity contribution < 1.29 is 24.5 Å². The highest BCUT2D eigenvalue weighted by molar-refractivity contribution is 6.02. The lowest BCUT2D eigenvalue weighted by Crippen LogP contribution is -2.27. The third-order valence-corrected chi connectivity index (χ3v) is 3.28. The first-order valence-corrected chi connectivity index (χ1v) is 6.72. The van der Waals surface area contributed by atoms with Crippen molar-refractivity contribution in [3.8, 4) is 5.75 Å². The fourth-order valence-electron chi connectivity index (χ4n) is 2.28. The van der Waals surface area contributed by atoms with Crippen LogP contribution >= 0.6 is 0 Å². The van der Waals surface area contributed by atoms with Gasteiger partial charge in [0.1, 0.15) is 5.75 Å². The van der Waals surface area contributed by atoms with Crippen molar-refractivity contribution in [3.05, 3.63) is 39.7 Å². The Labute approximate surface area is 125 Å². The Morgan fingerprint density at radius 3 is 2.50 bits per heavy atom. The van der Waals surface area contributed by atoms with Crippen LogP contribution in [0.25, 0.3) is 10.9 Å². The molecule has 22 heavy (non-hydrogen) atoms. The van der Waals surface area contributed by atoms with Gasteiger partial charge in [-0.15, -0.1) is 0 Å². The second-order valence-corrected chi connectivity index (χ2v) is 4.53. The number of carboxylic acids is 1.